The highest BCUT2D eigenvalue weighted by Gasteiger charge is 2.32. The Bertz CT molecular complexity index is 1430. The summed E-state index contributed by atoms with van der Waals surface area (Å²) >= 11 is 3.14. The summed E-state index contributed by atoms with van der Waals surface area (Å²) in [5.41, 5.74) is 4.28. The molecule has 0 unspecified atom stereocenters. The third kappa shape index (κ3) is 5.10. The van der Waals surface area contributed by atoms with Crippen LogP contribution in [-0.4, -0.2) is 23.6 Å². The molecule has 0 spiro atoms. The van der Waals surface area contributed by atoms with Crippen LogP contribution in [0.1, 0.15) is 25.0 Å². The molecule has 0 aliphatic carbocycles. The highest BCUT2D eigenvalue weighted by Crippen LogP contribution is 2.37. The van der Waals surface area contributed by atoms with Gasteiger partial charge in [0.05, 0.1) is 11.4 Å². The maximum absolute atomic E-state index is 12.5. The maximum Gasteiger partial charge on any atom is 0.261 e. The minimum atomic E-state index is -0.317. The summed E-state index contributed by atoms with van der Waals surface area (Å²) in [5.74, 6) is 0.120. The molecule has 0 N–H and O–H groups in total. The zero-order valence-corrected chi connectivity index (χ0v) is 22.5. The molecule has 38 heavy (non-hydrogen) atoms. The predicted octanol–water partition coefficient (Wildman–Crippen LogP) is 5.91. The van der Waals surface area contributed by atoms with E-state index in [1.54, 1.807) is 49.5 Å². The SMILES string of the molecule is CC1=CC(=O)N(c2ccccc2SCc2cccc(CSc3ccccc3N3C(=O)C=C(C)C3=O)c2)C1=O. The van der Waals surface area contributed by atoms with Crippen molar-refractivity contribution in [3.8, 4) is 0 Å². The van der Waals surface area contributed by atoms with Gasteiger partial charge < -0.3 is 0 Å². The van der Waals surface area contributed by atoms with Gasteiger partial charge >= 0.3 is 0 Å². The molecule has 3 aromatic carbocycles. The van der Waals surface area contributed by atoms with Crippen LogP contribution in [0.15, 0.2) is 106 Å². The van der Waals surface area contributed by atoms with Gasteiger partial charge in [-0.3, -0.25) is 19.2 Å². The monoisotopic (exact) mass is 540 g/mol. The zero-order valence-electron chi connectivity index (χ0n) is 20.8. The van der Waals surface area contributed by atoms with E-state index in [4.69, 9.17) is 0 Å². The summed E-state index contributed by atoms with van der Waals surface area (Å²) in [7, 11) is 0. The second-order valence-corrected chi connectivity index (χ2v) is 11.0. The summed E-state index contributed by atoms with van der Waals surface area (Å²) < 4.78 is 0. The molecular formula is C30H24N2O4S2. The quantitative estimate of drug-likeness (QED) is 0.261. The van der Waals surface area contributed by atoms with E-state index in [1.165, 1.54) is 22.0 Å². The van der Waals surface area contributed by atoms with E-state index in [9.17, 15) is 19.2 Å². The molecule has 0 bridgehead atoms. The number of imide groups is 2. The Balaban J connectivity index is 1.28. The number of carbonyl (C=O) groups excluding carboxylic acids is 4. The number of rotatable bonds is 8. The number of hydrogen-bond acceptors (Lipinski definition) is 6. The molecule has 0 aromatic heterocycles. The minimum Gasteiger partial charge on any atom is -0.269 e. The van der Waals surface area contributed by atoms with Crippen molar-refractivity contribution < 1.29 is 19.2 Å². The first-order valence-corrected chi connectivity index (χ1v) is 14.0. The summed E-state index contributed by atoms with van der Waals surface area (Å²) in [6, 6.07) is 23.1. The molecule has 4 amide bonds. The lowest BCUT2D eigenvalue weighted by atomic mass is 10.2. The first-order chi connectivity index (χ1) is 18.3. The lowest BCUT2D eigenvalue weighted by Gasteiger charge is -2.18. The topological polar surface area (TPSA) is 74.8 Å². The summed E-state index contributed by atoms with van der Waals surface area (Å²) in [6.07, 6.45) is 2.74. The molecule has 0 radical (unpaired) electrons. The Kier molecular flexibility index (Phi) is 7.35. The minimum absolute atomic E-state index is 0.286. The van der Waals surface area contributed by atoms with Gasteiger partial charge in [0.2, 0.25) is 0 Å². The Morgan fingerprint density at radius 2 is 1.00 bits per heavy atom. The molecule has 8 heteroatoms. The van der Waals surface area contributed by atoms with Gasteiger partial charge in [-0.05, 0) is 49.2 Å². The van der Waals surface area contributed by atoms with Gasteiger partial charge in [-0.15, -0.1) is 23.5 Å². The molecule has 190 valence electrons. The van der Waals surface area contributed by atoms with E-state index in [0.29, 0.717) is 34.0 Å². The first-order valence-electron chi connectivity index (χ1n) is 12.0. The van der Waals surface area contributed by atoms with Crippen molar-refractivity contribution in [3.05, 3.63) is 107 Å². The summed E-state index contributed by atoms with van der Waals surface area (Å²) in [4.78, 5) is 54.0. The van der Waals surface area contributed by atoms with Gasteiger partial charge in [0, 0.05) is 44.6 Å². The number of hydrogen-bond donors (Lipinski definition) is 0. The van der Waals surface area contributed by atoms with Gasteiger partial charge in [0.1, 0.15) is 0 Å². The first kappa shape index (κ1) is 25.8. The van der Waals surface area contributed by atoms with Crippen LogP contribution in [0.25, 0.3) is 0 Å². The number of nitrogens with zero attached hydrogens (tertiary/aromatic N) is 2. The van der Waals surface area contributed by atoms with Crippen LogP contribution >= 0.6 is 23.5 Å². The Morgan fingerprint density at radius 3 is 1.39 bits per heavy atom. The molecule has 2 aliphatic rings. The number of carbonyl (C=O) groups is 4. The fraction of sp³-hybridized carbons (Fsp3) is 0.133. The Hall–Kier alpha value is -3.88. The number of para-hydroxylation sites is 2. The van der Waals surface area contributed by atoms with Crippen LogP contribution in [0.5, 0.6) is 0 Å². The number of benzene rings is 3. The second kappa shape index (κ2) is 10.8. The van der Waals surface area contributed by atoms with E-state index in [2.05, 4.69) is 6.07 Å². The number of amides is 4. The molecule has 2 aliphatic heterocycles. The Morgan fingerprint density at radius 1 is 0.579 bits per heavy atom. The maximum atomic E-state index is 12.5. The summed E-state index contributed by atoms with van der Waals surface area (Å²) in [5, 5.41) is 0. The largest absolute Gasteiger partial charge is 0.269 e. The Labute approximate surface area is 229 Å². The summed E-state index contributed by atoms with van der Waals surface area (Å²) in [6.45, 7) is 3.30. The van der Waals surface area contributed by atoms with E-state index in [1.807, 2.05) is 54.6 Å². The average molecular weight is 541 g/mol. The molecule has 0 fully saturated rings. The van der Waals surface area contributed by atoms with Crippen molar-refractivity contribution >= 4 is 58.5 Å². The lowest BCUT2D eigenvalue weighted by molar-refractivity contribution is -0.121. The molecule has 6 nitrogen and oxygen atoms in total. The molecular weight excluding hydrogens is 516 g/mol. The lowest BCUT2D eigenvalue weighted by Crippen LogP contribution is -2.30. The van der Waals surface area contributed by atoms with Gasteiger partial charge in [-0.25, -0.2) is 9.80 Å². The van der Waals surface area contributed by atoms with Crippen LogP contribution in [0, 0.1) is 0 Å². The van der Waals surface area contributed by atoms with Crippen molar-refractivity contribution in [2.75, 3.05) is 9.80 Å². The van der Waals surface area contributed by atoms with Gasteiger partial charge in [-0.2, -0.15) is 0 Å². The molecule has 2 heterocycles. The van der Waals surface area contributed by atoms with E-state index < -0.39 is 0 Å². The molecule has 5 rings (SSSR count). The standard InChI is InChI=1S/C30H24N2O4S2/c1-19-14-27(33)31(29(19)35)23-10-3-5-12-25(23)37-17-21-8-7-9-22(16-21)18-38-26-13-6-4-11-24(26)32-28(34)15-20(2)30(32)36/h3-16H,17-18H2,1-2H3. The second-order valence-electron chi connectivity index (χ2n) is 8.95. The third-order valence-corrected chi connectivity index (χ3v) is 8.46. The molecule has 0 atom stereocenters. The van der Waals surface area contributed by atoms with Crippen molar-refractivity contribution in [2.45, 2.75) is 35.1 Å². The molecule has 3 aromatic rings. The van der Waals surface area contributed by atoms with Gasteiger partial charge in [-0.1, -0.05) is 48.5 Å². The molecule has 0 saturated carbocycles. The number of thioether (sulfide) groups is 2. The molecule has 0 saturated heterocycles. The van der Waals surface area contributed by atoms with Crippen LogP contribution in [0.3, 0.4) is 0 Å². The van der Waals surface area contributed by atoms with E-state index in [0.717, 1.165) is 20.9 Å². The highest BCUT2D eigenvalue weighted by atomic mass is 32.2. The zero-order chi connectivity index (χ0) is 26.8. The van der Waals surface area contributed by atoms with Gasteiger partial charge in [0.25, 0.3) is 23.6 Å². The number of anilines is 2. The fourth-order valence-corrected chi connectivity index (χ4v) is 6.26. The van der Waals surface area contributed by atoms with Crippen LogP contribution in [0.4, 0.5) is 11.4 Å². The normalized spacial score (nSPS) is 15.4. The average Bonchev–Trinajstić information content (AvgIpc) is 3.32. The van der Waals surface area contributed by atoms with E-state index in [-0.39, 0.29) is 23.6 Å². The van der Waals surface area contributed by atoms with Crippen molar-refractivity contribution in [1.29, 1.82) is 0 Å². The van der Waals surface area contributed by atoms with Crippen molar-refractivity contribution in [2.24, 2.45) is 0 Å². The van der Waals surface area contributed by atoms with Crippen molar-refractivity contribution in [3.63, 3.8) is 0 Å². The van der Waals surface area contributed by atoms with Crippen LogP contribution in [0.2, 0.25) is 0 Å². The van der Waals surface area contributed by atoms with Crippen LogP contribution in [-0.2, 0) is 30.7 Å². The predicted molar refractivity (Wildman–Crippen MR) is 151 cm³/mol. The van der Waals surface area contributed by atoms with Crippen molar-refractivity contribution in [1.82, 2.24) is 0 Å². The van der Waals surface area contributed by atoms with Crippen LogP contribution < -0.4 is 9.80 Å². The van der Waals surface area contributed by atoms with E-state index >= 15 is 0 Å². The highest BCUT2D eigenvalue weighted by molar-refractivity contribution is 7.99. The van der Waals surface area contributed by atoms with Gasteiger partial charge in [0.15, 0.2) is 0 Å². The smallest absolute Gasteiger partial charge is 0.261 e. The third-order valence-electron chi connectivity index (χ3n) is 6.19. The fourth-order valence-electron chi connectivity index (χ4n) is 4.29.